The van der Waals surface area contributed by atoms with Crippen LogP contribution in [0.3, 0.4) is 0 Å². The van der Waals surface area contributed by atoms with E-state index < -0.39 is 15.6 Å². The molecule has 0 bridgehead atoms. The Morgan fingerprint density at radius 1 is 1.05 bits per heavy atom. The zero-order chi connectivity index (χ0) is 15.9. The molecule has 1 aromatic rings. The average Bonchev–Trinajstić information content (AvgIpc) is 2.36. The monoisotopic (exact) mass is 312 g/mol. The Morgan fingerprint density at radius 2 is 1.67 bits per heavy atom. The van der Waals surface area contributed by atoms with Gasteiger partial charge in [0.05, 0.1) is 4.90 Å². The van der Waals surface area contributed by atoms with Gasteiger partial charge in [0.15, 0.2) is 0 Å². The molecule has 0 saturated carbocycles. The molecule has 0 atom stereocenters. The van der Waals surface area contributed by atoms with E-state index in [2.05, 4.69) is 17.0 Å². The van der Waals surface area contributed by atoms with Crippen LogP contribution in [-0.2, 0) is 16.4 Å². The van der Waals surface area contributed by atoms with Gasteiger partial charge in [-0.05, 0) is 70.8 Å². The van der Waals surface area contributed by atoms with Gasteiger partial charge in [-0.2, -0.15) is 0 Å². The zero-order valence-corrected chi connectivity index (χ0v) is 14.4. The number of hydrogen-bond acceptors (Lipinski definition) is 3. The number of nitrogens with one attached hydrogen (secondary N) is 2. The lowest BCUT2D eigenvalue weighted by Crippen LogP contribution is -2.40. The van der Waals surface area contributed by atoms with Crippen molar-refractivity contribution >= 4 is 10.0 Å². The van der Waals surface area contributed by atoms with Crippen LogP contribution in [0.15, 0.2) is 29.2 Å². The summed E-state index contributed by atoms with van der Waals surface area (Å²) < 4.78 is 27.0. The van der Waals surface area contributed by atoms with E-state index in [9.17, 15) is 8.42 Å². The summed E-state index contributed by atoms with van der Waals surface area (Å²) in [5, 5.41) is 3.36. The molecule has 0 spiro atoms. The highest BCUT2D eigenvalue weighted by Gasteiger charge is 2.21. The second-order valence-corrected chi connectivity index (χ2v) is 8.04. The Hall–Kier alpha value is -0.910. The molecule has 0 unspecified atom stereocenters. The quantitative estimate of drug-likeness (QED) is 0.726. The lowest BCUT2D eigenvalue weighted by Gasteiger charge is -2.20. The highest BCUT2D eigenvalue weighted by Crippen LogP contribution is 2.14. The zero-order valence-electron chi connectivity index (χ0n) is 13.6. The summed E-state index contributed by atoms with van der Waals surface area (Å²) in [6, 6.07) is 7.17. The molecule has 1 aromatic carbocycles. The average molecular weight is 312 g/mol. The predicted octanol–water partition coefficient (Wildman–Crippen LogP) is 2.70. The third-order valence-corrected chi connectivity index (χ3v) is 4.69. The molecule has 21 heavy (non-hydrogen) atoms. The highest BCUT2D eigenvalue weighted by atomic mass is 32.2. The van der Waals surface area contributed by atoms with Gasteiger partial charge in [0.2, 0.25) is 10.0 Å². The van der Waals surface area contributed by atoms with Gasteiger partial charge < -0.3 is 5.32 Å². The van der Waals surface area contributed by atoms with Gasteiger partial charge in [-0.25, -0.2) is 13.1 Å². The molecule has 120 valence electrons. The van der Waals surface area contributed by atoms with E-state index in [1.54, 1.807) is 12.1 Å². The van der Waals surface area contributed by atoms with Crippen molar-refractivity contribution < 1.29 is 8.42 Å². The number of hydrogen-bond donors (Lipinski definition) is 2. The smallest absolute Gasteiger partial charge is 0.241 e. The van der Waals surface area contributed by atoms with Gasteiger partial charge in [-0.3, -0.25) is 0 Å². The van der Waals surface area contributed by atoms with Crippen LogP contribution in [0.25, 0.3) is 0 Å². The lowest BCUT2D eigenvalue weighted by molar-refractivity contribution is 0.491. The van der Waals surface area contributed by atoms with Crippen LogP contribution >= 0.6 is 0 Å². The molecule has 2 N–H and O–H groups in total. The number of benzene rings is 1. The van der Waals surface area contributed by atoms with Crippen molar-refractivity contribution in [1.29, 1.82) is 0 Å². The third-order valence-electron chi connectivity index (χ3n) is 2.92. The van der Waals surface area contributed by atoms with E-state index in [-0.39, 0.29) is 0 Å². The molecule has 5 heteroatoms. The van der Waals surface area contributed by atoms with Crippen LogP contribution in [0.1, 0.15) is 46.1 Å². The molecule has 0 radical (unpaired) electrons. The summed E-state index contributed by atoms with van der Waals surface area (Å²) in [6.07, 6.45) is 3.17. The molecule has 0 saturated heterocycles. The van der Waals surface area contributed by atoms with Crippen LogP contribution < -0.4 is 10.0 Å². The van der Waals surface area contributed by atoms with Gasteiger partial charge in [-0.15, -0.1) is 0 Å². The Labute approximate surface area is 129 Å². The van der Waals surface area contributed by atoms with Gasteiger partial charge >= 0.3 is 0 Å². The largest absolute Gasteiger partial charge is 0.317 e. The number of rotatable bonds is 8. The molecule has 1 rings (SSSR count). The standard InChI is InChI=1S/C16H28N2O2S/c1-5-12-17-13-6-7-14-8-10-15(11-9-14)21(19,20)18-16(2,3)4/h8-11,17-18H,5-7,12-13H2,1-4H3. The summed E-state index contributed by atoms with van der Waals surface area (Å²) in [4.78, 5) is 0.324. The molecule has 0 amide bonds. The Morgan fingerprint density at radius 3 is 2.19 bits per heavy atom. The van der Waals surface area contributed by atoms with Crippen molar-refractivity contribution in [2.24, 2.45) is 0 Å². The van der Waals surface area contributed by atoms with E-state index in [4.69, 9.17) is 0 Å². The summed E-state index contributed by atoms with van der Waals surface area (Å²) in [5.74, 6) is 0. The summed E-state index contributed by atoms with van der Waals surface area (Å²) in [6.45, 7) is 9.71. The normalized spacial score (nSPS) is 12.6. The van der Waals surface area contributed by atoms with E-state index in [0.29, 0.717) is 4.90 Å². The van der Waals surface area contributed by atoms with E-state index >= 15 is 0 Å². The van der Waals surface area contributed by atoms with Crippen molar-refractivity contribution in [1.82, 2.24) is 10.0 Å². The van der Waals surface area contributed by atoms with Crippen LogP contribution in [-0.4, -0.2) is 27.0 Å². The first kappa shape index (κ1) is 18.1. The van der Waals surface area contributed by atoms with Crippen molar-refractivity contribution in [3.63, 3.8) is 0 Å². The first-order valence-corrected chi connectivity index (χ1v) is 9.06. The first-order valence-electron chi connectivity index (χ1n) is 7.58. The van der Waals surface area contributed by atoms with Crippen LogP contribution in [0.2, 0.25) is 0 Å². The molecule has 0 fully saturated rings. The topological polar surface area (TPSA) is 58.2 Å². The molecule has 0 aliphatic heterocycles. The summed E-state index contributed by atoms with van der Waals surface area (Å²) in [5.41, 5.74) is 0.700. The fourth-order valence-electron chi connectivity index (χ4n) is 2.02. The number of aryl methyl sites for hydroxylation is 1. The van der Waals surface area contributed by atoms with Gasteiger partial charge in [0.25, 0.3) is 0 Å². The molecular formula is C16H28N2O2S. The predicted molar refractivity (Wildman–Crippen MR) is 88.0 cm³/mol. The Bertz CT molecular complexity index is 516. The molecule has 0 heterocycles. The minimum absolute atomic E-state index is 0.324. The third kappa shape index (κ3) is 7.07. The van der Waals surface area contributed by atoms with E-state index in [0.717, 1.165) is 32.4 Å². The lowest BCUT2D eigenvalue weighted by atomic mass is 10.1. The maximum atomic E-state index is 12.2. The van der Waals surface area contributed by atoms with Crippen molar-refractivity contribution in [3.05, 3.63) is 29.8 Å². The number of sulfonamides is 1. The molecule has 4 nitrogen and oxygen atoms in total. The van der Waals surface area contributed by atoms with Crippen LogP contribution in [0, 0.1) is 0 Å². The first-order chi connectivity index (χ1) is 9.74. The molecule has 0 aliphatic rings. The van der Waals surface area contributed by atoms with E-state index in [1.807, 2.05) is 32.9 Å². The van der Waals surface area contributed by atoms with Crippen LogP contribution in [0.5, 0.6) is 0 Å². The Kier molecular flexibility index (Phi) is 6.84. The minimum Gasteiger partial charge on any atom is -0.317 e. The molecular weight excluding hydrogens is 284 g/mol. The fraction of sp³-hybridized carbons (Fsp3) is 0.625. The minimum atomic E-state index is -3.43. The fourth-order valence-corrected chi connectivity index (χ4v) is 3.44. The van der Waals surface area contributed by atoms with Crippen LogP contribution in [0.4, 0.5) is 0 Å². The summed E-state index contributed by atoms with van der Waals surface area (Å²) in [7, 11) is -3.43. The highest BCUT2D eigenvalue weighted by molar-refractivity contribution is 7.89. The summed E-state index contributed by atoms with van der Waals surface area (Å²) >= 11 is 0. The van der Waals surface area contributed by atoms with Gasteiger partial charge in [0.1, 0.15) is 0 Å². The molecule has 0 aliphatic carbocycles. The maximum absolute atomic E-state index is 12.2. The second kappa shape index (κ2) is 7.92. The van der Waals surface area contributed by atoms with Crippen molar-refractivity contribution in [2.75, 3.05) is 13.1 Å². The maximum Gasteiger partial charge on any atom is 0.241 e. The van der Waals surface area contributed by atoms with E-state index in [1.165, 1.54) is 5.56 Å². The van der Waals surface area contributed by atoms with Crippen molar-refractivity contribution in [3.8, 4) is 0 Å². The van der Waals surface area contributed by atoms with Gasteiger partial charge in [-0.1, -0.05) is 19.1 Å². The van der Waals surface area contributed by atoms with Gasteiger partial charge in [0, 0.05) is 5.54 Å². The SMILES string of the molecule is CCCNCCCc1ccc(S(=O)(=O)NC(C)(C)C)cc1. The molecule has 0 aromatic heterocycles. The second-order valence-electron chi connectivity index (χ2n) is 6.35. The Balaban J connectivity index is 2.57. The van der Waals surface area contributed by atoms with Crippen molar-refractivity contribution in [2.45, 2.75) is 57.4 Å².